The Morgan fingerprint density at radius 3 is 2.47 bits per heavy atom. The maximum atomic E-state index is 13.7. The second-order valence-electron chi connectivity index (χ2n) is 8.53. The van der Waals surface area contributed by atoms with Gasteiger partial charge in [-0.15, -0.1) is 0 Å². The lowest BCUT2D eigenvalue weighted by atomic mass is 10.1. The number of aryl methyl sites for hydroxylation is 1. The number of likely N-dealkylation sites (N-methyl/N-ethyl adjacent to an activating group) is 1. The summed E-state index contributed by atoms with van der Waals surface area (Å²) >= 11 is 0. The smallest absolute Gasteiger partial charge is 0.328 e. The molecule has 3 amide bonds. The first-order chi connectivity index (χ1) is 15.3. The van der Waals surface area contributed by atoms with E-state index in [1.54, 1.807) is 11.9 Å². The summed E-state index contributed by atoms with van der Waals surface area (Å²) in [6.07, 6.45) is -0.589. The SMILES string of the molecule is CC1=C(C)N2C(=NC3C2C(=O)N(Cc2cccc(C)c2)C(=O)N3C)N1c1ccccc1N. The number of hydrogen-bond donors (Lipinski definition) is 1. The number of rotatable bonds is 3. The maximum absolute atomic E-state index is 13.7. The van der Waals surface area contributed by atoms with Gasteiger partial charge in [0.25, 0.3) is 5.91 Å². The first-order valence-electron chi connectivity index (χ1n) is 10.6. The minimum absolute atomic E-state index is 0.229. The number of nitrogens with zero attached hydrogens (tertiary/aromatic N) is 5. The van der Waals surface area contributed by atoms with Gasteiger partial charge in [0.1, 0.15) is 0 Å². The van der Waals surface area contributed by atoms with Gasteiger partial charge in [0, 0.05) is 18.4 Å². The molecule has 3 heterocycles. The van der Waals surface area contributed by atoms with Gasteiger partial charge in [0.15, 0.2) is 12.2 Å². The highest BCUT2D eigenvalue weighted by atomic mass is 16.2. The zero-order valence-electron chi connectivity index (χ0n) is 18.6. The number of urea groups is 1. The van der Waals surface area contributed by atoms with Crippen LogP contribution < -0.4 is 10.6 Å². The van der Waals surface area contributed by atoms with Crippen LogP contribution in [0.4, 0.5) is 16.2 Å². The van der Waals surface area contributed by atoms with Gasteiger partial charge in [-0.3, -0.25) is 19.5 Å². The number of carbonyl (C=O) groups excluding carboxylic acids is 2. The molecule has 0 spiro atoms. The molecule has 0 aromatic heterocycles. The molecule has 0 aliphatic carbocycles. The fourth-order valence-electron chi connectivity index (χ4n) is 4.73. The Kier molecular flexibility index (Phi) is 4.47. The lowest BCUT2D eigenvalue weighted by molar-refractivity contribution is -0.137. The van der Waals surface area contributed by atoms with Crippen molar-refractivity contribution in [1.29, 1.82) is 0 Å². The molecule has 2 atom stereocenters. The van der Waals surface area contributed by atoms with Crippen molar-refractivity contribution in [3.63, 3.8) is 0 Å². The van der Waals surface area contributed by atoms with E-state index in [2.05, 4.69) is 0 Å². The van der Waals surface area contributed by atoms with Gasteiger partial charge in [-0.25, -0.2) is 9.79 Å². The first-order valence-corrected chi connectivity index (χ1v) is 10.6. The predicted molar refractivity (Wildman–Crippen MR) is 123 cm³/mol. The minimum Gasteiger partial charge on any atom is -0.397 e. The summed E-state index contributed by atoms with van der Waals surface area (Å²) in [5.74, 6) is 0.381. The molecule has 32 heavy (non-hydrogen) atoms. The molecule has 0 bridgehead atoms. The van der Waals surface area contributed by atoms with E-state index in [0.29, 0.717) is 11.6 Å². The fourth-order valence-corrected chi connectivity index (χ4v) is 4.73. The zero-order valence-corrected chi connectivity index (χ0v) is 18.6. The van der Waals surface area contributed by atoms with E-state index in [-0.39, 0.29) is 18.5 Å². The van der Waals surface area contributed by atoms with E-state index < -0.39 is 12.2 Å². The number of amides is 3. The second kappa shape index (κ2) is 7.12. The molecule has 5 rings (SSSR count). The number of fused-ring (bicyclic) bond motifs is 3. The Bertz CT molecular complexity index is 1200. The third kappa shape index (κ3) is 2.79. The lowest BCUT2D eigenvalue weighted by Gasteiger charge is -2.40. The van der Waals surface area contributed by atoms with Crippen molar-refractivity contribution < 1.29 is 9.59 Å². The van der Waals surface area contributed by atoms with Crippen LogP contribution in [0.2, 0.25) is 0 Å². The van der Waals surface area contributed by atoms with Crippen molar-refractivity contribution >= 4 is 29.3 Å². The van der Waals surface area contributed by atoms with Gasteiger partial charge in [0.05, 0.1) is 17.9 Å². The van der Waals surface area contributed by atoms with Crippen LogP contribution in [0.5, 0.6) is 0 Å². The van der Waals surface area contributed by atoms with Gasteiger partial charge >= 0.3 is 6.03 Å². The summed E-state index contributed by atoms with van der Waals surface area (Å²) in [5, 5.41) is 0. The third-order valence-electron chi connectivity index (χ3n) is 6.49. The number of aliphatic imine (C=N–C) groups is 1. The van der Waals surface area contributed by atoms with Crippen molar-refractivity contribution in [3.05, 3.63) is 71.1 Å². The Labute approximate surface area is 187 Å². The molecule has 1 fully saturated rings. The Morgan fingerprint density at radius 2 is 1.75 bits per heavy atom. The van der Waals surface area contributed by atoms with Gasteiger partial charge in [0.2, 0.25) is 5.96 Å². The van der Waals surface area contributed by atoms with Gasteiger partial charge in [-0.05, 0) is 38.5 Å². The number of imide groups is 1. The predicted octanol–water partition coefficient (Wildman–Crippen LogP) is 3.11. The first kappa shape index (κ1) is 20.1. The average Bonchev–Trinajstić information content (AvgIpc) is 3.26. The number of nitrogen functional groups attached to an aromatic ring is 1. The quantitative estimate of drug-likeness (QED) is 0.757. The summed E-state index contributed by atoms with van der Waals surface area (Å²) in [5.41, 5.74) is 11.6. The molecule has 2 unspecified atom stereocenters. The van der Waals surface area contributed by atoms with Gasteiger partial charge in [-0.1, -0.05) is 42.0 Å². The Balaban J connectivity index is 1.53. The number of allylic oxidation sites excluding steroid dienone is 2. The molecule has 8 nitrogen and oxygen atoms in total. The van der Waals surface area contributed by atoms with E-state index in [4.69, 9.17) is 10.7 Å². The number of anilines is 2. The number of benzene rings is 2. The molecule has 2 aromatic carbocycles. The molecule has 2 aromatic rings. The normalized spacial score (nSPS) is 22.6. The highest BCUT2D eigenvalue weighted by molar-refractivity contribution is 6.11. The summed E-state index contributed by atoms with van der Waals surface area (Å²) < 4.78 is 0. The molecule has 164 valence electrons. The van der Waals surface area contributed by atoms with E-state index in [9.17, 15) is 9.59 Å². The highest BCUT2D eigenvalue weighted by Crippen LogP contribution is 2.41. The van der Waals surface area contributed by atoms with Gasteiger partial charge < -0.3 is 10.6 Å². The van der Waals surface area contributed by atoms with E-state index >= 15 is 0 Å². The van der Waals surface area contributed by atoms with Crippen molar-refractivity contribution in [2.75, 3.05) is 17.7 Å². The van der Waals surface area contributed by atoms with Crippen molar-refractivity contribution in [3.8, 4) is 0 Å². The van der Waals surface area contributed by atoms with E-state index in [1.165, 1.54) is 4.90 Å². The van der Waals surface area contributed by atoms with Crippen molar-refractivity contribution in [2.24, 2.45) is 4.99 Å². The molecule has 0 saturated carbocycles. The van der Waals surface area contributed by atoms with Crippen molar-refractivity contribution in [1.82, 2.24) is 14.7 Å². The van der Waals surface area contributed by atoms with Crippen molar-refractivity contribution in [2.45, 2.75) is 39.5 Å². The molecular formula is C24H26N6O2. The van der Waals surface area contributed by atoms with Crippen LogP contribution in [-0.2, 0) is 11.3 Å². The number of hydrogen-bond acceptors (Lipinski definition) is 6. The minimum atomic E-state index is -0.609. The van der Waals surface area contributed by atoms with Crippen LogP contribution in [0.15, 0.2) is 64.9 Å². The fraction of sp³-hybridized carbons (Fsp3) is 0.292. The van der Waals surface area contributed by atoms with Crippen LogP contribution in [0.25, 0.3) is 0 Å². The topological polar surface area (TPSA) is 85.5 Å². The molecule has 1 saturated heterocycles. The monoisotopic (exact) mass is 430 g/mol. The molecule has 8 heteroatoms. The summed E-state index contributed by atoms with van der Waals surface area (Å²) in [7, 11) is 1.70. The molecule has 3 aliphatic rings. The van der Waals surface area contributed by atoms with Crippen LogP contribution in [-0.4, -0.2) is 51.9 Å². The van der Waals surface area contributed by atoms with E-state index in [0.717, 1.165) is 28.2 Å². The summed E-state index contributed by atoms with van der Waals surface area (Å²) in [6.45, 7) is 6.19. The zero-order chi connectivity index (χ0) is 22.7. The number of guanidine groups is 1. The standard InChI is InChI=1S/C24H26N6O2/c1-14-8-7-9-17(12-14)13-28-22(31)20-21(27(4)24(28)32)26-23-29(15(2)16(3)30(20)23)19-11-6-5-10-18(19)25/h5-12,20-21H,13,25H2,1-4H3. The molecular weight excluding hydrogens is 404 g/mol. The summed E-state index contributed by atoms with van der Waals surface area (Å²) in [4.78, 5) is 38.4. The van der Waals surface area contributed by atoms with Gasteiger partial charge in [-0.2, -0.15) is 0 Å². The number of carbonyl (C=O) groups is 2. The Morgan fingerprint density at radius 1 is 1.00 bits per heavy atom. The number of nitrogens with two attached hydrogens (primary N) is 1. The van der Waals surface area contributed by atoms with Crippen LogP contribution >= 0.6 is 0 Å². The second-order valence-corrected chi connectivity index (χ2v) is 8.53. The van der Waals surface area contributed by atoms with Crippen LogP contribution in [0.1, 0.15) is 25.0 Å². The van der Waals surface area contributed by atoms with E-state index in [1.807, 2.05) is 79.1 Å². The average molecular weight is 431 g/mol. The van der Waals surface area contributed by atoms with Crippen LogP contribution in [0, 0.1) is 6.92 Å². The Hall–Kier alpha value is -3.81. The molecule has 0 radical (unpaired) electrons. The molecule has 2 N–H and O–H groups in total. The summed E-state index contributed by atoms with van der Waals surface area (Å²) in [6, 6.07) is 14.5. The largest absolute Gasteiger partial charge is 0.397 e. The lowest BCUT2D eigenvalue weighted by Crippen LogP contribution is -2.64. The molecule has 3 aliphatic heterocycles. The number of para-hydroxylation sites is 2. The third-order valence-corrected chi connectivity index (χ3v) is 6.49. The van der Waals surface area contributed by atoms with Crippen LogP contribution in [0.3, 0.4) is 0 Å². The maximum Gasteiger partial charge on any atom is 0.328 e. The highest BCUT2D eigenvalue weighted by Gasteiger charge is 2.56.